The van der Waals surface area contributed by atoms with E-state index in [1.54, 1.807) is 39.2 Å². The van der Waals surface area contributed by atoms with Crippen molar-refractivity contribution in [1.29, 1.82) is 0 Å². The summed E-state index contributed by atoms with van der Waals surface area (Å²) >= 11 is 0. The number of benzene rings is 2. The van der Waals surface area contributed by atoms with Crippen LogP contribution in [0, 0.1) is 5.92 Å². The van der Waals surface area contributed by atoms with E-state index in [-0.39, 0.29) is 12.6 Å². The summed E-state index contributed by atoms with van der Waals surface area (Å²) in [5.74, 6) is 1.86. The molecule has 1 aliphatic heterocycles. The molecule has 1 fully saturated rings. The van der Waals surface area contributed by atoms with Crippen LogP contribution in [-0.4, -0.2) is 44.8 Å². The molecule has 37 heavy (non-hydrogen) atoms. The molecule has 1 unspecified atom stereocenters. The van der Waals surface area contributed by atoms with E-state index in [0.717, 1.165) is 24.0 Å². The van der Waals surface area contributed by atoms with Crippen molar-refractivity contribution in [3.8, 4) is 17.2 Å². The molecule has 2 aromatic carbocycles. The van der Waals surface area contributed by atoms with Gasteiger partial charge in [-0.15, -0.1) is 0 Å². The SMILES string of the molecule is COc1cccc(C2NC(=O)N(Cc3ccc(OC)cc3OC)C(C)=C2C(=O)OCC2CCCCC2)c1. The quantitative estimate of drug-likeness (QED) is 0.458. The zero-order valence-corrected chi connectivity index (χ0v) is 22.0. The first-order valence-electron chi connectivity index (χ1n) is 12.8. The van der Waals surface area contributed by atoms with Gasteiger partial charge in [-0.2, -0.15) is 0 Å². The minimum atomic E-state index is -0.657. The van der Waals surface area contributed by atoms with E-state index in [0.29, 0.717) is 41.0 Å². The van der Waals surface area contributed by atoms with Crippen LogP contribution in [0.15, 0.2) is 53.7 Å². The van der Waals surface area contributed by atoms with Crippen molar-refractivity contribution in [2.75, 3.05) is 27.9 Å². The minimum Gasteiger partial charge on any atom is -0.497 e. The van der Waals surface area contributed by atoms with Gasteiger partial charge >= 0.3 is 12.0 Å². The van der Waals surface area contributed by atoms with Crippen LogP contribution in [0.5, 0.6) is 17.2 Å². The van der Waals surface area contributed by atoms with Crippen molar-refractivity contribution in [1.82, 2.24) is 10.2 Å². The van der Waals surface area contributed by atoms with Crippen molar-refractivity contribution in [3.05, 3.63) is 64.9 Å². The van der Waals surface area contributed by atoms with Gasteiger partial charge in [-0.05, 0) is 55.5 Å². The van der Waals surface area contributed by atoms with Crippen molar-refractivity contribution >= 4 is 12.0 Å². The topological polar surface area (TPSA) is 86.3 Å². The summed E-state index contributed by atoms with van der Waals surface area (Å²) in [4.78, 5) is 28.5. The van der Waals surface area contributed by atoms with Gasteiger partial charge in [0.2, 0.25) is 0 Å². The lowest BCUT2D eigenvalue weighted by Gasteiger charge is -2.36. The maximum absolute atomic E-state index is 13.6. The molecular formula is C29H36N2O6. The number of rotatable bonds is 9. The fourth-order valence-electron chi connectivity index (χ4n) is 5.09. The van der Waals surface area contributed by atoms with Crippen molar-refractivity contribution in [2.24, 2.45) is 5.92 Å². The molecule has 0 spiro atoms. The molecule has 4 rings (SSSR count). The van der Waals surface area contributed by atoms with Gasteiger partial charge in [0, 0.05) is 17.3 Å². The number of amides is 2. The fraction of sp³-hybridized carbons (Fsp3) is 0.448. The molecule has 2 aliphatic rings. The number of urea groups is 1. The zero-order chi connectivity index (χ0) is 26.4. The summed E-state index contributed by atoms with van der Waals surface area (Å²) in [5, 5.41) is 3.02. The predicted molar refractivity (Wildman–Crippen MR) is 140 cm³/mol. The van der Waals surface area contributed by atoms with E-state index in [9.17, 15) is 9.59 Å². The maximum atomic E-state index is 13.6. The summed E-state index contributed by atoms with van der Waals surface area (Å²) in [7, 11) is 4.75. The van der Waals surface area contributed by atoms with E-state index < -0.39 is 12.0 Å². The lowest BCUT2D eigenvalue weighted by Crippen LogP contribution is -2.47. The summed E-state index contributed by atoms with van der Waals surface area (Å²) in [6.45, 7) is 2.40. The Morgan fingerprint density at radius 3 is 2.41 bits per heavy atom. The average Bonchev–Trinajstić information content (AvgIpc) is 2.94. The first kappa shape index (κ1) is 26.4. The standard InChI is InChI=1S/C29H36N2O6/c1-19-26(28(32)37-18-20-9-6-5-7-10-20)27(21-11-8-12-23(15-21)34-2)30-29(33)31(19)17-22-13-14-24(35-3)16-25(22)36-4/h8,11-16,20,27H,5-7,9-10,17-18H2,1-4H3,(H,30,33). The van der Waals surface area contributed by atoms with Gasteiger partial charge in [-0.25, -0.2) is 9.59 Å². The summed E-state index contributed by atoms with van der Waals surface area (Å²) in [6.07, 6.45) is 5.73. The van der Waals surface area contributed by atoms with E-state index in [2.05, 4.69) is 5.32 Å². The van der Waals surface area contributed by atoms with Gasteiger partial charge in [-0.3, -0.25) is 4.90 Å². The van der Waals surface area contributed by atoms with E-state index in [1.165, 1.54) is 19.3 Å². The molecule has 8 heteroatoms. The van der Waals surface area contributed by atoms with Crippen LogP contribution in [0.1, 0.15) is 56.2 Å². The second kappa shape index (κ2) is 12.0. The Hall–Kier alpha value is -3.68. The number of hydrogen-bond donors (Lipinski definition) is 1. The number of hydrogen-bond acceptors (Lipinski definition) is 6. The number of ether oxygens (including phenoxy) is 4. The van der Waals surface area contributed by atoms with Crippen LogP contribution in [0.3, 0.4) is 0 Å². The molecule has 1 atom stereocenters. The first-order valence-corrected chi connectivity index (χ1v) is 12.8. The van der Waals surface area contributed by atoms with Crippen LogP contribution in [0.25, 0.3) is 0 Å². The van der Waals surface area contributed by atoms with E-state index in [1.807, 2.05) is 36.4 Å². The number of nitrogens with zero attached hydrogens (tertiary/aromatic N) is 1. The Morgan fingerprint density at radius 2 is 1.70 bits per heavy atom. The van der Waals surface area contributed by atoms with E-state index in [4.69, 9.17) is 18.9 Å². The summed E-state index contributed by atoms with van der Waals surface area (Å²) in [5.41, 5.74) is 2.49. The van der Waals surface area contributed by atoms with Gasteiger partial charge in [0.1, 0.15) is 17.2 Å². The molecule has 0 aromatic heterocycles. The number of esters is 1. The molecule has 0 saturated heterocycles. The normalized spacial score (nSPS) is 18.3. The Bertz CT molecular complexity index is 1150. The summed E-state index contributed by atoms with van der Waals surface area (Å²) < 4.78 is 22.1. The molecule has 198 valence electrons. The lowest BCUT2D eigenvalue weighted by atomic mass is 9.90. The third-order valence-electron chi connectivity index (χ3n) is 7.24. The second-order valence-electron chi connectivity index (χ2n) is 9.52. The van der Waals surface area contributed by atoms with Crippen LogP contribution in [-0.2, 0) is 16.1 Å². The Morgan fingerprint density at radius 1 is 0.973 bits per heavy atom. The molecule has 1 heterocycles. The molecule has 1 N–H and O–H groups in total. The second-order valence-corrected chi connectivity index (χ2v) is 9.52. The molecule has 1 saturated carbocycles. The summed E-state index contributed by atoms with van der Waals surface area (Å²) in [6, 6.07) is 11.8. The van der Waals surface area contributed by atoms with Crippen molar-refractivity contribution < 1.29 is 28.5 Å². The monoisotopic (exact) mass is 508 g/mol. The number of carbonyl (C=O) groups is 2. The van der Waals surface area contributed by atoms with Crippen LogP contribution in [0.2, 0.25) is 0 Å². The third kappa shape index (κ3) is 6.01. The molecule has 8 nitrogen and oxygen atoms in total. The number of allylic oxidation sites excluding steroid dienone is 1. The molecule has 0 radical (unpaired) electrons. The van der Waals surface area contributed by atoms with Crippen LogP contribution >= 0.6 is 0 Å². The van der Waals surface area contributed by atoms with E-state index >= 15 is 0 Å². The van der Waals surface area contributed by atoms with Gasteiger partial charge in [-0.1, -0.05) is 31.4 Å². The number of carbonyl (C=O) groups excluding carboxylic acids is 2. The highest BCUT2D eigenvalue weighted by molar-refractivity contribution is 5.95. The van der Waals surface area contributed by atoms with Gasteiger partial charge < -0.3 is 24.3 Å². The Kier molecular flexibility index (Phi) is 8.58. The molecule has 1 aliphatic carbocycles. The fourth-order valence-corrected chi connectivity index (χ4v) is 5.09. The number of nitrogens with one attached hydrogen (secondary N) is 1. The minimum absolute atomic E-state index is 0.217. The van der Waals surface area contributed by atoms with Crippen LogP contribution in [0.4, 0.5) is 4.79 Å². The Labute approximate surface area is 218 Å². The lowest BCUT2D eigenvalue weighted by molar-refractivity contribution is -0.141. The third-order valence-corrected chi connectivity index (χ3v) is 7.24. The predicted octanol–water partition coefficient (Wildman–Crippen LogP) is 5.38. The molecule has 0 bridgehead atoms. The highest BCUT2D eigenvalue weighted by Crippen LogP contribution is 2.35. The first-order chi connectivity index (χ1) is 17.9. The van der Waals surface area contributed by atoms with Gasteiger partial charge in [0.05, 0.1) is 46.1 Å². The van der Waals surface area contributed by atoms with Crippen molar-refractivity contribution in [3.63, 3.8) is 0 Å². The van der Waals surface area contributed by atoms with Gasteiger partial charge in [0.15, 0.2) is 0 Å². The van der Waals surface area contributed by atoms with Gasteiger partial charge in [0.25, 0.3) is 0 Å². The molecule has 2 amide bonds. The highest BCUT2D eigenvalue weighted by atomic mass is 16.5. The highest BCUT2D eigenvalue weighted by Gasteiger charge is 2.37. The average molecular weight is 509 g/mol. The zero-order valence-electron chi connectivity index (χ0n) is 22.0. The maximum Gasteiger partial charge on any atom is 0.338 e. The smallest absolute Gasteiger partial charge is 0.338 e. The van der Waals surface area contributed by atoms with Crippen LogP contribution < -0.4 is 19.5 Å². The van der Waals surface area contributed by atoms with Crippen molar-refractivity contribution in [2.45, 2.75) is 51.6 Å². The molecule has 2 aromatic rings. The Balaban J connectivity index is 1.67. The largest absolute Gasteiger partial charge is 0.497 e. The number of methoxy groups -OCH3 is 3. The molecular weight excluding hydrogens is 472 g/mol.